The van der Waals surface area contributed by atoms with E-state index in [2.05, 4.69) is 17.8 Å². The molecule has 1 aliphatic carbocycles. The number of nitrogens with one attached hydrogen (secondary N) is 2. The van der Waals surface area contributed by atoms with Crippen LogP contribution in [0, 0.1) is 12.8 Å². The van der Waals surface area contributed by atoms with Gasteiger partial charge in [-0.15, -0.1) is 22.7 Å². The van der Waals surface area contributed by atoms with Gasteiger partial charge >= 0.3 is 0 Å². The third-order valence-corrected chi connectivity index (χ3v) is 6.21. The SMILES string of the molecule is Cc1ccc(/C=C/C(=O)NNC(=O)c2cc3c(s2)CC[C@@H](C)C3)s1. The van der Waals surface area contributed by atoms with E-state index in [0.29, 0.717) is 10.8 Å². The van der Waals surface area contributed by atoms with Gasteiger partial charge in [0.25, 0.3) is 11.8 Å². The van der Waals surface area contributed by atoms with Gasteiger partial charge in [-0.3, -0.25) is 20.4 Å². The van der Waals surface area contributed by atoms with Gasteiger partial charge in [0.2, 0.25) is 0 Å². The Morgan fingerprint density at radius 1 is 1.25 bits per heavy atom. The summed E-state index contributed by atoms with van der Waals surface area (Å²) in [6, 6.07) is 5.92. The van der Waals surface area contributed by atoms with Crippen molar-refractivity contribution in [3.63, 3.8) is 0 Å². The second-order valence-corrected chi connectivity index (χ2v) is 8.59. The number of aryl methyl sites for hydroxylation is 2. The number of carbonyl (C=O) groups is 2. The number of rotatable bonds is 3. The largest absolute Gasteiger partial charge is 0.279 e. The molecule has 0 unspecified atom stereocenters. The van der Waals surface area contributed by atoms with Gasteiger partial charge in [0, 0.05) is 20.7 Å². The lowest BCUT2D eigenvalue weighted by Crippen LogP contribution is -2.40. The van der Waals surface area contributed by atoms with Gasteiger partial charge in [-0.2, -0.15) is 0 Å². The van der Waals surface area contributed by atoms with Crippen LogP contribution in [0.1, 0.15) is 43.2 Å². The van der Waals surface area contributed by atoms with E-state index in [-0.39, 0.29) is 11.8 Å². The summed E-state index contributed by atoms with van der Waals surface area (Å²) in [6.07, 6.45) is 6.42. The van der Waals surface area contributed by atoms with Gasteiger partial charge in [-0.1, -0.05) is 6.92 Å². The average molecular weight is 361 g/mol. The molecule has 2 N–H and O–H groups in total. The summed E-state index contributed by atoms with van der Waals surface area (Å²) in [6.45, 7) is 4.26. The summed E-state index contributed by atoms with van der Waals surface area (Å²) < 4.78 is 0. The normalized spacial score (nSPS) is 16.8. The minimum absolute atomic E-state index is 0.254. The summed E-state index contributed by atoms with van der Waals surface area (Å²) >= 11 is 3.14. The number of hydrogen-bond acceptors (Lipinski definition) is 4. The maximum Gasteiger partial charge on any atom is 0.279 e. The molecule has 0 spiro atoms. The molecule has 0 saturated heterocycles. The summed E-state index contributed by atoms with van der Waals surface area (Å²) in [5.41, 5.74) is 6.20. The van der Waals surface area contributed by atoms with Crippen molar-refractivity contribution >= 4 is 40.6 Å². The van der Waals surface area contributed by atoms with Gasteiger partial charge in [0.05, 0.1) is 4.88 Å². The monoisotopic (exact) mass is 360 g/mol. The predicted molar refractivity (Wildman–Crippen MR) is 99.2 cm³/mol. The third-order valence-electron chi connectivity index (χ3n) is 4.01. The maximum atomic E-state index is 12.2. The number of thiophene rings is 2. The third kappa shape index (κ3) is 4.13. The van der Waals surface area contributed by atoms with Crippen LogP contribution in [0.4, 0.5) is 0 Å². The molecular weight excluding hydrogens is 340 g/mol. The molecule has 24 heavy (non-hydrogen) atoms. The fourth-order valence-corrected chi connectivity index (χ4v) is 4.62. The van der Waals surface area contributed by atoms with Crippen LogP contribution in [-0.2, 0) is 17.6 Å². The second kappa shape index (κ2) is 7.32. The van der Waals surface area contributed by atoms with Crippen molar-refractivity contribution in [3.8, 4) is 0 Å². The second-order valence-electron chi connectivity index (χ2n) is 6.13. The highest BCUT2D eigenvalue weighted by Gasteiger charge is 2.20. The van der Waals surface area contributed by atoms with E-state index in [9.17, 15) is 9.59 Å². The Balaban J connectivity index is 1.54. The van der Waals surface area contributed by atoms with Crippen molar-refractivity contribution in [2.45, 2.75) is 33.1 Å². The number of hydrazine groups is 1. The summed E-state index contributed by atoms with van der Waals surface area (Å²) in [4.78, 5) is 28.1. The van der Waals surface area contributed by atoms with E-state index in [4.69, 9.17) is 0 Å². The molecule has 2 aromatic rings. The van der Waals surface area contributed by atoms with Crippen LogP contribution in [-0.4, -0.2) is 11.8 Å². The Morgan fingerprint density at radius 2 is 2.08 bits per heavy atom. The van der Waals surface area contributed by atoms with E-state index in [0.717, 1.165) is 17.7 Å². The molecule has 0 aliphatic heterocycles. The van der Waals surface area contributed by atoms with Crippen LogP contribution in [0.3, 0.4) is 0 Å². The highest BCUT2D eigenvalue weighted by Crippen LogP contribution is 2.32. The van der Waals surface area contributed by atoms with E-state index in [1.54, 1.807) is 17.4 Å². The molecule has 0 bridgehead atoms. The van der Waals surface area contributed by atoms with Gasteiger partial charge < -0.3 is 0 Å². The van der Waals surface area contributed by atoms with E-state index in [1.807, 2.05) is 25.1 Å². The smallest absolute Gasteiger partial charge is 0.268 e. The van der Waals surface area contributed by atoms with Gasteiger partial charge in [0.1, 0.15) is 0 Å². The zero-order valence-corrected chi connectivity index (χ0v) is 15.4. The number of amides is 2. The molecule has 6 heteroatoms. The van der Waals surface area contributed by atoms with Crippen molar-refractivity contribution in [2.24, 2.45) is 5.92 Å². The maximum absolute atomic E-state index is 12.2. The Kier molecular flexibility index (Phi) is 5.16. The highest BCUT2D eigenvalue weighted by molar-refractivity contribution is 7.14. The minimum atomic E-state index is -0.343. The van der Waals surface area contributed by atoms with E-state index in [1.165, 1.54) is 39.2 Å². The predicted octanol–water partition coefficient (Wildman–Crippen LogP) is 3.72. The van der Waals surface area contributed by atoms with Crippen LogP contribution in [0.2, 0.25) is 0 Å². The fraction of sp³-hybridized carbons (Fsp3) is 0.333. The highest BCUT2D eigenvalue weighted by atomic mass is 32.1. The lowest BCUT2D eigenvalue weighted by atomic mass is 9.90. The molecular formula is C18H20N2O2S2. The first-order chi connectivity index (χ1) is 11.5. The van der Waals surface area contributed by atoms with Crippen molar-refractivity contribution in [3.05, 3.63) is 49.3 Å². The van der Waals surface area contributed by atoms with Crippen LogP contribution in [0.5, 0.6) is 0 Å². The Bertz CT molecular complexity index is 789. The number of carbonyl (C=O) groups excluding carboxylic acids is 2. The Hall–Kier alpha value is -1.92. The summed E-state index contributed by atoms with van der Waals surface area (Å²) in [5.74, 6) is 0.0776. The lowest BCUT2D eigenvalue weighted by Gasteiger charge is -2.16. The molecule has 2 amide bonds. The van der Waals surface area contributed by atoms with Gasteiger partial charge in [0.15, 0.2) is 0 Å². The number of hydrogen-bond donors (Lipinski definition) is 2. The fourth-order valence-electron chi connectivity index (χ4n) is 2.74. The first-order valence-electron chi connectivity index (χ1n) is 7.97. The zero-order valence-electron chi connectivity index (χ0n) is 13.7. The molecule has 4 nitrogen and oxygen atoms in total. The molecule has 0 aromatic carbocycles. The quantitative estimate of drug-likeness (QED) is 0.647. The topological polar surface area (TPSA) is 58.2 Å². The molecule has 2 heterocycles. The van der Waals surface area contributed by atoms with Crippen molar-refractivity contribution in [2.75, 3.05) is 0 Å². The molecule has 1 atom stereocenters. The van der Waals surface area contributed by atoms with Gasteiger partial charge in [-0.05, 0) is 61.9 Å². The average Bonchev–Trinajstić information content (AvgIpc) is 3.16. The Labute approximate surface area is 149 Å². The molecule has 1 aliphatic rings. The van der Waals surface area contributed by atoms with Crippen molar-refractivity contribution in [1.82, 2.24) is 10.9 Å². The lowest BCUT2D eigenvalue weighted by molar-refractivity contribution is -0.117. The van der Waals surface area contributed by atoms with Crippen molar-refractivity contribution in [1.29, 1.82) is 0 Å². The van der Waals surface area contributed by atoms with Crippen LogP contribution < -0.4 is 10.9 Å². The van der Waals surface area contributed by atoms with Crippen LogP contribution in [0.15, 0.2) is 24.3 Å². The molecule has 0 radical (unpaired) electrons. The molecule has 3 rings (SSSR count). The van der Waals surface area contributed by atoms with Crippen LogP contribution >= 0.6 is 22.7 Å². The number of fused-ring (bicyclic) bond motifs is 1. The van der Waals surface area contributed by atoms with E-state index < -0.39 is 0 Å². The first-order valence-corrected chi connectivity index (χ1v) is 9.61. The van der Waals surface area contributed by atoms with Gasteiger partial charge in [-0.25, -0.2) is 0 Å². The zero-order chi connectivity index (χ0) is 17.1. The molecule has 126 valence electrons. The minimum Gasteiger partial charge on any atom is -0.268 e. The van der Waals surface area contributed by atoms with E-state index >= 15 is 0 Å². The Morgan fingerprint density at radius 3 is 2.83 bits per heavy atom. The first kappa shape index (κ1) is 16.9. The van der Waals surface area contributed by atoms with Crippen LogP contribution in [0.25, 0.3) is 6.08 Å². The standard InChI is InChI=1S/C18H20N2O2S2/c1-11-3-7-15-13(9-11)10-16(24-15)18(22)20-19-17(21)8-6-14-5-4-12(2)23-14/h4-6,8,10-11H,3,7,9H2,1-2H3,(H,19,21)(H,20,22)/b8-6+/t11-/m1/s1. The molecule has 0 fully saturated rings. The summed E-state index contributed by atoms with van der Waals surface area (Å²) in [7, 11) is 0. The molecule has 0 saturated carbocycles. The summed E-state index contributed by atoms with van der Waals surface area (Å²) in [5, 5.41) is 0. The van der Waals surface area contributed by atoms with Crippen molar-refractivity contribution < 1.29 is 9.59 Å². The molecule has 2 aromatic heterocycles.